The summed E-state index contributed by atoms with van der Waals surface area (Å²) in [7, 11) is 2.79. The normalized spacial score (nSPS) is 10.1. The highest BCUT2D eigenvalue weighted by Gasteiger charge is 2.18. The summed E-state index contributed by atoms with van der Waals surface area (Å²) in [4.78, 5) is 12.0. The van der Waals surface area contributed by atoms with Crippen LogP contribution in [-0.4, -0.2) is 20.2 Å². The lowest BCUT2D eigenvalue weighted by Gasteiger charge is -2.10. The summed E-state index contributed by atoms with van der Waals surface area (Å²) in [6.07, 6.45) is 0. The molecule has 2 aromatic carbocycles. The molecular weight excluding hydrogens is 343 g/mol. The van der Waals surface area contributed by atoms with Crippen molar-refractivity contribution in [1.29, 1.82) is 0 Å². The van der Waals surface area contributed by atoms with Crippen LogP contribution in [0.3, 0.4) is 0 Å². The van der Waals surface area contributed by atoms with Gasteiger partial charge in [-0.05, 0) is 24.3 Å². The third kappa shape index (κ3) is 3.52. The van der Waals surface area contributed by atoms with E-state index in [1.807, 2.05) is 0 Å². The zero-order valence-electron chi connectivity index (χ0n) is 11.4. The van der Waals surface area contributed by atoms with E-state index >= 15 is 0 Å². The predicted octanol–water partition coefficient (Wildman–Crippen LogP) is 3.82. The SMILES string of the molecule is COc1cc(F)c(C(=O)Oc2ccc(Br)cc2)cc1OC. The van der Waals surface area contributed by atoms with Crippen molar-refractivity contribution in [3.8, 4) is 17.2 Å². The van der Waals surface area contributed by atoms with E-state index in [-0.39, 0.29) is 17.1 Å². The Balaban J connectivity index is 2.28. The number of hydrogen-bond donors (Lipinski definition) is 0. The van der Waals surface area contributed by atoms with E-state index in [1.54, 1.807) is 24.3 Å². The van der Waals surface area contributed by atoms with Crippen molar-refractivity contribution in [2.24, 2.45) is 0 Å². The molecule has 0 saturated carbocycles. The smallest absolute Gasteiger partial charge is 0.346 e. The van der Waals surface area contributed by atoms with Gasteiger partial charge < -0.3 is 14.2 Å². The molecule has 2 aromatic rings. The first kappa shape index (κ1) is 15.3. The minimum atomic E-state index is -0.809. The van der Waals surface area contributed by atoms with Crippen LogP contribution >= 0.6 is 15.9 Å². The maximum atomic E-state index is 13.9. The first-order chi connectivity index (χ1) is 10.0. The zero-order chi connectivity index (χ0) is 15.4. The molecule has 0 unspecified atom stereocenters. The number of carbonyl (C=O) groups excluding carboxylic acids is 1. The van der Waals surface area contributed by atoms with Gasteiger partial charge in [0.05, 0.1) is 19.8 Å². The van der Waals surface area contributed by atoms with Gasteiger partial charge in [0.2, 0.25) is 0 Å². The second-order valence-electron chi connectivity index (χ2n) is 4.03. The van der Waals surface area contributed by atoms with Gasteiger partial charge in [-0.15, -0.1) is 0 Å². The van der Waals surface area contributed by atoms with Crippen LogP contribution in [0.2, 0.25) is 0 Å². The lowest BCUT2D eigenvalue weighted by Crippen LogP contribution is -2.11. The summed E-state index contributed by atoms with van der Waals surface area (Å²) in [5.74, 6) is -0.778. The molecule has 0 aliphatic carbocycles. The molecular formula is C15H12BrFO4. The van der Waals surface area contributed by atoms with Gasteiger partial charge in [0.25, 0.3) is 0 Å². The highest BCUT2D eigenvalue weighted by Crippen LogP contribution is 2.30. The van der Waals surface area contributed by atoms with Crippen LogP contribution in [0.1, 0.15) is 10.4 Å². The molecule has 0 aromatic heterocycles. The number of halogens is 2. The van der Waals surface area contributed by atoms with E-state index in [9.17, 15) is 9.18 Å². The quantitative estimate of drug-likeness (QED) is 0.618. The molecule has 0 heterocycles. The third-order valence-electron chi connectivity index (χ3n) is 2.72. The van der Waals surface area contributed by atoms with Gasteiger partial charge in [-0.2, -0.15) is 0 Å². The molecule has 4 nitrogen and oxygen atoms in total. The first-order valence-corrected chi connectivity index (χ1v) is 6.73. The molecule has 0 radical (unpaired) electrons. The van der Waals surface area contributed by atoms with Crippen molar-refractivity contribution < 1.29 is 23.4 Å². The molecule has 0 amide bonds. The topological polar surface area (TPSA) is 44.8 Å². The van der Waals surface area contributed by atoms with Crippen LogP contribution in [0.5, 0.6) is 17.2 Å². The summed E-state index contributed by atoms with van der Waals surface area (Å²) in [6, 6.07) is 8.95. The largest absolute Gasteiger partial charge is 0.493 e. The lowest BCUT2D eigenvalue weighted by atomic mass is 10.2. The number of hydrogen-bond acceptors (Lipinski definition) is 4. The minimum Gasteiger partial charge on any atom is -0.493 e. The van der Waals surface area contributed by atoms with Gasteiger partial charge in [-0.25, -0.2) is 9.18 Å². The fourth-order valence-electron chi connectivity index (χ4n) is 1.68. The molecule has 6 heteroatoms. The van der Waals surface area contributed by atoms with Gasteiger partial charge in [0.15, 0.2) is 11.5 Å². The minimum absolute atomic E-state index is 0.204. The van der Waals surface area contributed by atoms with E-state index in [2.05, 4.69) is 15.9 Å². The van der Waals surface area contributed by atoms with Gasteiger partial charge >= 0.3 is 5.97 Å². The number of methoxy groups -OCH3 is 2. The molecule has 0 aliphatic heterocycles. The van der Waals surface area contributed by atoms with Crippen molar-refractivity contribution >= 4 is 21.9 Å². The van der Waals surface area contributed by atoms with E-state index in [0.717, 1.165) is 10.5 Å². The zero-order valence-corrected chi connectivity index (χ0v) is 12.9. The third-order valence-corrected chi connectivity index (χ3v) is 3.25. The number of rotatable bonds is 4. The van der Waals surface area contributed by atoms with Gasteiger partial charge in [0.1, 0.15) is 11.6 Å². The van der Waals surface area contributed by atoms with E-state index in [0.29, 0.717) is 5.75 Å². The first-order valence-electron chi connectivity index (χ1n) is 5.94. The maximum Gasteiger partial charge on any atom is 0.346 e. The average Bonchev–Trinajstić information content (AvgIpc) is 2.49. The average molecular weight is 355 g/mol. The van der Waals surface area contributed by atoms with Gasteiger partial charge in [-0.3, -0.25) is 0 Å². The van der Waals surface area contributed by atoms with E-state index in [1.165, 1.54) is 20.3 Å². The van der Waals surface area contributed by atoms with Gasteiger partial charge in [-0.1, -0.05) is 15.9 Å². The number of carbonyl (C=O) groups is 1. The Labute approximate surface area is 129 Å². The number of ether oxygens (including phenoxy) is 3. The van der Waals surface area contributed by atoms with E-state index < -0.39 is 11.8 Å². The molecule has 110 valence electrons. The molecule has 0 N–H and O–H groups in total. The highest BCUT2D eigenvalue weighted by molar-refractivity contribution is 9.10. The van der Waals surface area contributed by atoms with Crippen molar-refractivity contribution in [1.82, 2.24) is 0 Å². The molecule has 0 atom stereocenters. The second kappa shape index (κ2) is 6.58. The summed E-state index contributed by atoms with van der Waals surface area (Å²) in [5, 5.41) is 0. The lowest BCUT2D eigenvalue weighted by molar-refractivity contribution is 0.0729. The van der Waals surface area contributed by atoms with Crippen LogP contribution in [0, 0.1) is 5.82 Å². The Hall–Kier alpha value is -2.08. The Morgan fingerprint density at radius 1 is 1.05 bits per heavy atom. The van der Waals surface area contributed by atoms with Crippen molar-refractivity contribution in [2.45, 2.75) is 0 Å². The summed E-state index contributed by atoms with van der Waals surface area (Å²) in [5.41, 5.74) is -0.226. The number of benzene rings is 2. The van der Waals surface area contributed by atoms with Gasteiger partial charge in [0, 0.05) is 16.6 Å². The van der Waals surface area contributed by atoms with Crippen LogP contribution in [0.25, 0.3) is 0 Å². The summed E-state index contributed by atoms with van der Waals surface area (Å²) >= 11 is 3.27. The van der Waals surface area contributed by atoms with E-state index in [4.69, 9.17) is 14.2 Å². The molecule has 0 fully saturated rings. The van der Waals surface area contributed by atoms with Crippen LogP contribution in [-0.2, 0) is 0 Å². The Bertz CT molecular complexity index is 655. The Morgan fingerprint density at radius 3 is 2.19 bits per heavy atom. The molecule has 0 spiro atoms. The molecule has 21 heavy (non-hydrogen) atoms. The van der Waals surface area contributed by atoms with Crippen LogP contribution in [0.4, 0.5) is 4.39 Å². The molecule has 0 bridgehead atoms. The fourth-order valence-corrected chi connectivity index (χ4v) is 1.94. The van der Waals surface area contributed by atoms with Crippen LogP contribution < -0.4 is 14.2 Å². The fraction of sp³-hybridized carbons (Fsp3) is 0.133. The Morgan fingerprint density at radius 2 is 1.62 bits per heavy atom. The molecule has 2 rings (SSSR count). The number of esters is 1. The molecule has 0 saturated heterocycles. The summed E-state index contributed by atoms with van der Waals surface area (Å²) in [6.45, 7) is 0. The summed E-state index contributed by atoms with van der Waals surface area (Å²) < 4.78 is 29.9. The van der Waals surface area contributed by atoms with Crippen molar-refractivity contribution in [2.75, 3.05) is 14.2 Å². The predicted molar refractivity (Wildman–Crippen MR) is 78.6 cm³/mol. The van der Waals surface area contributed by atoms with Crippen LogP contribution in [0.15, 0.2) is 40.9 Å². The van der Waals surface area contributed by atoms with Crippen molar-refractivity contribution in [3.63, 3.8) is 0 Å². The van der Waals surface area contributed by atoms with Crippen molar-refractivity contribution in [3.05, 3.63) is 52.3 Å². The monoisotopic (exact) mass is 354 g/mol. The highest BCUT2D eigenvalue weighted by atomic mass is 79.9. The Kier molecular flexibility index (Phi) is 4.80. The standard InChI is InChI=1S/C15H12BrFO4/c1-19-13-7-11(12(17)8-14(13)20-2)15(18)21-10-5-3-9(16)4-6-10/h3-8H,1-2H3. The second-order valence-corrected chi connectivity index (χ2v) is 4.95. The maximum absolute atomic E-state index is 13.9. The molecule has 0 aliphatic rings.